The molecule has 2 amide bonds. The minimum Gasteiger partial charge on any atom is -0.478 e. The Hall–Kier alpha value is -5.25. The van der Waals surface area contributed by atoms with Gasteiger partial charge in [-0.3, -0.25) is 14.3 Å². The fourth-order valence-corrected chi connectivity index (χ4v) is 9.54. The third-order valence-corrected chi connectivity index (χ3v) is 13.1. The van der Waals surface area contributed by atoms with Crippen molar-refractivity contribution in [2.45, 2.75) is 69.9 Å². The van der Waals surface area contributed by atoms with E-state index in [0.29, 0.717) is 16.7 Å². The molecule has 2 saturated heterocycles. The fraction of sp³-hybridized carbons (Fsp3) is 0.455. The number of nitrogens with zero attached hydrogens (tertiary/aromatic N) is 4. The molecule has 3 aromatic carbocycles. The van der Waals surface area contributed by atoms with Crippen LogP contribution in [0.25, 0.3) is 11.1 Å². The van der Waals surface area contributed by atoms with Crippen molar-refractivity contribution in [3.05, 3.63) is 113 Å². The summed E-state index contributed by atoms with van der Waals surface area (Å²) < 4.78 is 104. The number of hydrogen-bond acceptors (Lipinski definition) is 5. The van der Waals surface area contributed by atoms with Crippen LogP contribution in [0.2, 0.25) is 0 Å². The number of carboxylic acids is 1. The Morgan fingerprint density at radius 2 is 1.53 bits per heavy atom. The third kappa shape index (κ3) is 7.90. The molecule has 3 heterocycles. The van der Waals surface area contributed by atoms with Crippen molar-refractivity contribution in [3.8, 4) is 11.1 Å². The molecule has 0 radical (unpaired) electrons. The van der Waals surface area contributed by atoms with Crippen molar-refractivity contribution in [2.24, 2.45) is 22.7 Å². The van der Waals surface area contributed by atoms with Crippen molar-refractivity contribution in [1.29, 1.82) is 0 Å². The van der Waals surface area contributed by atoms with Gasteiger partial charge in [0.2, 0.25) is 5.91 Å². The quantitative estimate of drug-likeness (QED) is 0.152. The minimum absolute atomic E-state index is 0.00137. The van der Waals surface area contributed by atoms with E-state index in [1.165, 1.54) is 29.3 Å². The van der Waals surface area contributed by atoms with E-state index in [0.717, 1.165) is 11.1 Å². The van der Waals surface area contributed by atoms with Crippen LogP contribution in [0, 0.1) is 28.5 Å². The van der Waals surface area contributed by atoms with Gasteiger partial charge in [-0.05, 0) is 90.5 Å². The first-order valence-corrected chi connectivity index (χ1v) is 20.0. The number of aromatic carboxylic acids is 1. The predicted octanol–water partition coefficient (Wildman–Crippen LogP) is 8.73. The van der Waals surface area contributed by atoms with Crippen LogP contribution in [-0.2, 0) is 22.7 Å². The molecule has 0 bridgehead atoms. The summed E-state index contributed by atoms with van der Waals surface area (Å²) in [6.07, 6.45) is -6.10. The summed E-state index contributed by atoms with van der Waals surface area (Å²) >= 11 is 0. The third-order valence-electron chi connectivity index (χ3n) is 13.1. The number of aromatic nitrogens is 2. The zero-order chi connectivity index (χ0) is 42.6. The van der Waals surface area contributed by atoms with Gasteiger partial charge >= 0.3 is 18.3 Å². The highest BCUT2D eigenvalue weighted by Gasteiger charge is 2.71. The maximum Gasteiger partial charge on any atom is 0.403 e. The predicted molar refractivity (Wildman–Crippen MR) is 203 cm³/mol. The molecule has 9 nitrogen and oxygen atoms in total. The number of alkyl halides is 6. The highest BCUT2D eigenvalue weighted by Crippen LogP contribution is 2.60. The topological polar surface area (TPSA) is 105 Å². The van der Waals surface area contributed by atoms with E-state index in [2.05, 4.69) is 5.10 Å². The molecule has 4 aliphatic rings. The molecule has 1 unspecified atom stereocenters. The lowest BCUT2D eigenvalue weighted by Gasteiger charge is -2.51. The molecule has 1 spiro atoms. The Bertz CT molecular complexity index is 2260. The summed E-state index contributed by atoms with van der Waals surface area (Å²) in [5.41, 5.74) is 0.218. The average molecular weight is 841 g/mol. The summed E-state index contributed by atoms with van der Waals surface area (Å²) in [7, 11) is 0. The van der Waals surface area contributed by atoms with Gasteiger partial charge < -0.3 is 19.6 Å². The number of ether oxygens (including phenoxy) is 1. The van der Waals surface area contributed by atoms with Crippen LogP contribution >= 0.6 is 0 Å². The second-order valence-electron chi connectivity index (χ2n) is 16.9. The summed E-state index contributed by atoms with van der Waals surface area (Å²) in [5, 5.41) is 14.4. The fourth-order valence-electron chi connectivity index (χ4n) is 9.54. The number of hydrogen-bond donors (Lipinski definition) is 1. The molecule has 1 atom stereocenters. The number of rotatable bonds is 11. The van der Waals surface area contributed by atoms with Gasteiger partial charge in [-0.1, -0.05) is 48.5 Å². The summed E-state index contributed by atoms with van der Waals surface area (Å²) in [6, 6.07) is 17.6. The number of carbonyl (C=O) groups is 3. The van der Waals surface area contributed by atoms with Gasteiger partial charge in [0.25, 0.3) is 5.91 Å². The van der Waals surface area contributed by atoms with Crippen LogP contribution in [0.5, 0.6) is 0 Å². The Labute approximate surface area is 341 Å². The number of amides is 2. The maximum absolute atomic E-state index is 14.0. The first-order valence-electron chi connectivity index (χ1n) is 20.0. The van der Waals surface area contributed by atoms with Gasteiger partial charge in [0.1, 0.15) is 11.2 Å². The molecule has 318 valence electrons. The van der Waals surface area contributed by atoms with Crippen molar-refractivity contribution in [1.82, 2.24) is 19.6 Å². The SMILES string of the molecule is O=C(O)c1ccccc1-c1c(COCC2CN(C(=O)c3cnn(Cc4ccc(F)cc4)c3)CC23CN(C(=O)C2(C(F)(F)F)CC2)C3)cccc1C1CCC(C(F)(F)F)CC1. The largest absolute Gasteiger partial charge is 0.478 e. The van der Waals surface area contributed by atoms with Gasteiger partial charge in [-0.25, -0.2) is 9.18 Å². The highest BCUT2D eigenvalue weighted by molar-refractivity contribution is 5.97. The first-order chi connectivity index (χ1) is 28.5. The van der Waals surface area contributed by atoms with E-state index in [1.807, 2.05) is 6.07 Å². The van der Waals surface area contributed by atoms with Crippen molar-refractivity contribution >= 4 is 17.8 Å². The Kier molecular flexibility index (Phi) is 10.8. The molecular weight excluding hydrogens is 797 g/mol. The number of halogens is 7. The maximum atomic E-state index is 14.0. The zero-order valence-electron chi connectivity index (χ0n) is 32.4. The van der Waals surface area contributed by atoms with E-state index in [4.69, 9.17) is 4.74 Å². The zero-order valence-corrected chi connectivity index (χ0v) is 32.4. The molecule has 4 aromatic rings. The van der Waals surface area contributed by atoms with E-state index in [-0.39, 0.29) is 113 Å². The van der Waals surface area contributed by atoms with Gasteiger partial charge in [0.15, 0.2) is 0 Å². The summed E-state index contributed by atoms with van der Waals surface area (Å²) in [5.74, 6) is -4.95. The standard InChI is InChI=1S/C44H43F7N4O5/c45-33-14-8-27(9-15-33)19-55-20-30(18-52-55)38(56)53-21-32(41(24-53)25-54(26-41)40(59)42(16-17-42)44(49,50)51)23-60-22-29-4-3-7-34(28-10-12-31(13-11-28)43(46,47)48)37(29)35-5-1-2-6-36(35)39(57)58/h1-9,14-15,18,20,28,31-32H,10-13,16-17,19,21-26H2,(H,57,58). The minimum atomic E-state index is -4.68. The molecular formula is C44H43F7N4O5. The lowest BCUT2D eigenvalue weighted by molar-refractivity contribution is -0.205. The van der Waals surface area contributed by atoms with Crippen LogP contribution in [-0.4, -0.2) is 87.6 Å². The molecule has 4 fully saturated rings. The van der Waals surface area contributed by atoms with Crippen LogP contribution in [0.1, 0.15) is 81.8 Å². The molecule has 8 rings (SSSR count). The highest BCUT2D eigenvalue weighted by atomic mass is 19.4. The molecule has 1 aromatic heterocycles. The van der Waals surface area contributed by atoms with E-state index in [1.54, 1.807) is 58.2 Å². The monoisotopic (exact) mass is 840 g/mol. The molecule has 1 N–H and O–H groups in total. The number of benzene rings is 3. The Balaban J connectivity index is 1.03. The Morgan fingerprint density at radius 1 is 0.850 bits per heavy atom. The van der Waals surface area contributed by atoms with Gasteiger partial charge in [-0.2, -0.15) is 31.4 Å². The molecule has 2 aliphatic heterocycles. The van der Waals surface area contributed by atoms with Gasteiger partial charge in [0.05, 0.1) is 43.0 Å². The van der Waals surface area contributed by atoms with E-state index < -0.39 is 46.9 Å². The van der Waals surface area contributed by atoms with Crippen molar-refractivity contribution < 1.29 is 55.0 Å². The number of carboxylic acid groups (broad SMARTS) is 1. The smallest absolute Gasteiger partial charge is 0.403 e. The van der Waals surface area contributed by atoms with Crippen LogP contribution in [0.3, 0.4) is 0 Å². The molecule has 2 aliphatic carbocycles. The van der Waals surface area contributed by atoms with Crippen LogP contribution < -0.4 is 0 Å². The second-order valence-corrected chi connectivity index (χ2v) is 16.9. The molecule has 16 heteroatoms. The average Bonchev–Trinajstić information content (AvgIpc) is 3.77. The van der Waals surface area contributed by atoms with Crippen molar-refractivity contribution in [3.63, 3.8) is 0 Å². The first kappa shape index (κ1) is 41.5. The number of likely N-dealkylation sites (tertiary alicyclic amines) is 2. The van der Waals surface area contributed by atoms with Crippen molar-refractivity contribution in [2.75, 3.05) is 32.8 Å². The molecule has 2 saturated carbocycles. The second kappa shape index (κ2) is 15.7. The summed E-state index contributed by atoms with van der Waals surface area (Å²) in [6.45, 7) is 0.607. The Morgan fingerprint density at radius 3 is 2.18 bits per heavy atom. The summed E-state index contributed by atoms with van der Waals surface area (Å²) in [4.78, 5) is 42.4. The van der Waals surface area contributed by atoms with Crippen LogP contribution in [0.4, 0.5) is 30.7 Å². The van der Waals surface area contributed by atoms with Gasteiger partial charge in [0, 0.05) is 43.7 Å². The van der Waals surface area contributed by atoms with Gasteiger partial charge in [-0.15, -0.1) is 0 Å². The van der Waals surface area contributed by atoms with Crippen LogP contribution in [0.15, 0.2) is 79.1 Å². The molecule has 60 heavy (non-hydrogen) atoms. The van der Waals surface area contributed by atoms with E-state index >= 15 is 0 Å². The normalized spacial score (nSPS) is 22.1. The lowest BCUT2D eigenvalue weighted by atomic mass is 9.71. The van der Waals surface area contributed by atoms with E-state index in [9.17, 15) is 50.2 Å². The lowest BCUT2D eigenvalue weighted by Crippen LogP contribution is -2.65. The number of carbonyl (C=O) groups excluding carboxylic acids is 2.